The van der Waals surface area contributed by atoms with Crippen molar-refractivity contribution in [3.63, 3.8) is 0 Å². The summed E-state index contributed by atoms with van der Waals surface area (Å²) in [7, 11) is 0. The van der Waals surface area contributed by atoms with Crippen LogP contribution in [0.5, 0.6) is 11.5 Å². The zero-order valence-corrected chi connectivity index (χ0v) is 15.7. The highest BCUT2D eigenvalue weighted by Crippen LogP contribution is 2.39. The van der Waals surface area contributed by atoms with E-state index in [9.17, 15) is 4.39 Å². The Bertz CT molecular complexity index is 1100. The number of nitrogens with zero attached hydrogens (tertiary/aromatic N) is 3. The van der Waals surface area contributed by atoms with Crippen molar-refractivity contribution < 1.29 is 13.9 Å². The fourth-order valence-electron chi connectivity index (χ4n) is 3.32. The number of benzene rings is 2. The van der Waals surface area contributed by atoms with Gasteiger partial charge in [0.15, 0.2) is 23.6 Å². The maximum atomic E-state index is 13.7. The molecule has 1 aromatic heterocycles. The predicted molar refractivity (Wildman–Crippen MR) is 103 cm³/mol. The highest BCUT2D eigenvalue weighted by Gasteiger charge is 2.27. The Morgan fingerprint density at radius 3 is 2.74 bits per heavy atom. The van der Waals surface area contributed by atoms with Crippen LogP contribution in [0.1, 0.15) is 18.2 Å². The zero-order chi connectivity index (χ0) is 18.5. The van der Waals surface area contributed by atoms with E-state index in [-0.39, 0.29) is 11.8 Å². The van der Waals surface area contributed by atoms with Crippen molar-refractivity contribution in [1.29, 1.82) is 0 Å². The Morgan fingerprint density at radius 1 is 1.19 bits per heavy atom. The topological polar surface area (TPSA) is 86.7 Å². The van der Waals surface area contributed by atoms with Gasteiger partial charge in [-0.25, -0.2) is 14.4 Å². The average Bonchev–Trinajstić information content (AvgIpc) is 2.83. The summed E-state index contributed by atoms with van der Waals surface area (Å²) in [5.41, 5.74) is 8.30. The fraction of sp³-hybridized carbons (Fsp3) is 0.222. The van der Waals surface area contributed by atoms with E-state index in [2.05, 4.69) is 31.2 Å². The molecule has 7 nitrogen and oxygen atoms in total. The fourth-order valence-corrected chi connectivity index (χ4v) is 3.72. The lowest BCUT2D eigenvalue weighted by Gasteiger charge is -2.24. The maximum Gasteiger partial charge on any atom is 0.212 e. The van der Waals surface area contributed by atoms with Crippen LogP contribution in [0.4, 0.5) is 10.3 Å². The minimum atomic E-state index is -0.479. The first kappa shape index (κ1) is 16.4. The van der Waals surface area contributed by atoms with E-state index in [4.69, 9.17) is 15.2 Å². The molecule has 27 heavy (non-hydrogen) atoms. The molecule has 0 fully saturated rings. The van der Waals surface area contributed by atoms with E-state index in [1.807, 2.05) is 16.7 Å². The van der Waals surface area contributed by atoms with Crippen molar-refractivity contribution in [2.45, 2.75) is 12.6 Å². The summed E-state index contributed by atoms with van der Waals surface area (Å²) in [4.78, 5) is 9.14. The van der Waals surface area contributed by atoms with Gasteiger partial charge < -0.3 is 15.2 Å². The van der Waals surface area contributed by atoms with Gasteiger partial charge in [0.05, 0.1) is 28.7 Å². The molecule has 5 rings (SSSR count). The molecule has 1 unspecified atom stereocenters. The third-order valence-electron chi connectivity index (χ3n) is 4.55. The number of aromatic nitrogens is 2. The molecule has 0 amide bonds. The summed E-state index contributed by atoms with van der Waals surface area (Å²) < 4.78 is 27.5. The molecule has 2 aromatic carbocycles. The summed E-state index contributed by atoms with van der Waals surface area (Å²) in [6.07, 6.45) is 0.347. The lowest BCUT2D eigenvalue weighted by molar-refractivity contribution is 0.297. The van der Waals surface area contributed by atoms with Gasteiger partial charge in [0, 0.05) is 18.6 Å². The summed E-state index contributed by atoms with van der Waals surface area (Å²) in [5, 5.41) is 2.99. The minimum Gasteiger partial charge on any atom is -0.489 e. The van der Waals surface area contributed by atoms with E-state index in [1.165, 1.54) is 6.07 Å². The quantitative estimate of drug-likeness (QED) is 0.616. The van der Waals surface area contributed by atoms with E-state index in [1.54, 1.807) is 12.1 Å². The van der Waals surface area contributed by atoms with Crippen LogP contribution in [0.25, 0.3) is 11.0 Å². The van der Waals surface area contributed by atoms with Crippen LogP contribution >= 0.6 is 15.9 Å². The Kier molecular flexibility index (Phi) is 3.71. The van der Waals surface area contributed by atoms with Crippen LogP contribution in [0.15, 0.2) is 39.8 Å². The third kappa shape index (κ3) is 2.69. The number of aliphatic imine (C=N–C) groups is 1. The van der Waals surface area contributed by atoms with Crippen LogP contribution in [0.3, 0.4) is 0 Å². The van der Waals surface area contributed by atoms with Gasteiger partial charge in [-0.1, -0.05) is 6.07 Å². The molecule has 2 aliphatic heterocycles. The van der Waals surface area contributed by atoms with Crippen LogP contribution in [-0.2, 0) is 0 Å². The molecule has 3 aromatic rings. The normalized spacial score (nSPS) is 18.4. The molecule has 3 N–H and O–H groups in total. The largest absolute Gasteiger partial charge is 0.489 e. The van der Waals surface area contributed by atoms with Crippen molar-refractivity contribution in [1.82, 2.24) is 9.55 Å². The SMILES string of the molecule is NC1=NC(c2ccc(F)c(Br)c2)n2c(nc3cc4c(cc32)OCCCO4)N1. The lowest BCUT2D eigenvalue weighted by Crippen LogP contribution is -2.31. The van der Waals surface area contributed by atoms with Gasteiger partial charge in [-0.15, -0.1) is 0 Å². The van der Waals surface area contributed by atoms with Crippen molar-refractivity contribution in [2.75, 3.05) is 18.5 Å². The van der Waals surface area contributed by atoms with Crippen LogP contribution in [0, 0.1) is 5.82 Å². The molecule has 2 aliphatic rings. The number of imidazole rings is 1. The van der Waals surface area contributed by atoms with E-state index >= 15 is 0 Å². The monoisotopic (exact) mass is 431 g/mol. The van der Waals surface area contributed by atoms with Crippen molar-refractivity contribution >= 4 is 38.9 Å². The summed E-state index contributed by atoms with van der Waals surface area (Å²) in [5.74, 6) is 1.81. The summed E-state index contributed by atoms with van der Waals surface area (Å²) >= 11 is 3.23. The van der Waals surface area contributed by atoms with E-state index in [0.717, 1.165) is 23.0 Å². The Hall–Kier alpha value is -2.81. The first-order valence-corrected chi connectivity index (χ1v) is 9.26. The predicted octanol–water partition coefficient (Wildman–Crippen LogP) is 3.39. The average molecular weight is 432 g/mol. The standard InChI is InChI=1S/C18H15BrFN5O2/c19-10-6-9(2-3-11(10)20)16-23-17(21)24-18-22-12-7-14-15(8-13(12)25(16)18)27-5-1-4-26-14/h2-3,6-8,16H,1,4-5H2,(H3,21,22,23,24). The molecule has 9 heteroatoms. The minimum absolute atomic E-state index is 0.248. The summed E-state index contributed by atoms with van der Waals surface area (Å²) in [6.45, 7) is 1.20. The first-order valence-electron chi connectivity index (χ1n) is 8.47. The van der Waals surface area contributed by atoms with E-state index in [0.29, 0.717) is 35.1 Å². The van der Waals surface area contributed by atoms with Crippen LogP contribution in [-0.4, -0.2) is 28.7 Å². The number of hydrogen-bond donors (Lipinski definition) is 2. The van der Waals surface area contributed by atoms with Gasteiger partial charge in [-0.2, -0.15) is 0 Å². The highest BCUT2D eigenvalue weighted by atomic mass is 79.9. The van der Waals surface area contributed by atoms with Gasteiger partial charge in [-0.3, -0.25) is 9.88 Å². The van der Waals surface area contributed by atoms with Crippen molar-refractivity contribution in [3.05, 3.63) is 46.2 Å². The molecule has 0 bridgehead atoms. The van der Waals surface area contributed by atoms with Crippen LogP contribution < -0.4 is 20.5 Å². The number of nitrogens with one attached hydrogen (secondary N) is 1. The molecule has 3 heterocycles. The second-order valence-corrected chi connectivity index (χ2v) is 7.18. The van der Waals surface area contributed by atoms with Crippen molar-refractivity contribution in [2.24, 2.45) is 10.7 Å². The Balaban J connectivity index is 1.71. The van der Waals surface area contributed by atoms with Gasteiger partial charge >= 0.3 is 0 Å². The smallest absolute Gasteiger partial charge is 0.212 e. The molecule has 0 radical (unpaired) electrons. The second-order valence-electron chi connectivity index (χ2n) is 6.33. The number of guanidine groups is 1. The second kappa shape index (κ2) is 6.12. The third-order valence-corrected chi connectivity index (χ3v) is 5.15. The number of ether oxygens (including phenoxy) is 2. The number of hydrogen-bond acceptors (Lipinski definition) is 6. The number of rotatable bonds is 1. The van der Waals surface area contributed by atoms with Gasteiger partial charge in [0.25, 0.3) is 0 Å². The zero-order valence-electron chi connectivity index (χ0n) is 14.1. The number of halogens is 2. The molecular formula is C18H15BrFN5O2. The molecule has 0 aliphatic carbocycles. The summed E-state index contributed by atoms with van der Waals surface area (Å²) in [6, 6.07) is 8.54. The molecule has 0 saturated carbocycles. The lowest BCUT2D eigenvalue weighted by atomic mass is 10.1. The Labute approximate surface area is 162 Å². The van der Waals surface area contributed by atoms with Gasteiger partial charge in [0.1, 0.15) is 5.82 Å². The molecule has 138 valence electrons. The van der Waals surface area contributed by atoms with Gasteiger partial charge in [-0.05, 0) is 33.6 Å². The highest BCUT2D eigenvalue weighted by molar-refractivity contribution is 9.10. The molecular weight excluding hydrogens is 417 g/mol. The molecule has 0 spiro atoms. The Morgan fingerprint density at radius 2 is 1.96 bits per heavy atom. The molecule has 0 saturated heterocycles. The number of nitrogens with two attached hydrogens (primary N) is 1. The number of fused-ring (bicyclic) bond motifs is 4. The molecule has 1 atom stereocenters. The van der Waals surface area contributed by atoms with E-state index < -0.39 is 6.17 Å². The van der Waals surface area contributed by atoms with Crippen LogP contribution in [0.2, 0.25) is 0 Å². The number of anilines is 1. The maximum absolute atomic E-state index is 13.7. The van der Waals surface area contributed by atoms with Gasteiger partial charge in [0.2, 0.25) is 5.95 Å². The van der Waals surface area contributed by atoms with Crippen molar-refractivity contribution in [3.8, 4) is 11.5 Å². The first-order chi connectivity index (χ1) is 13.1.